The zero-order chi connectivity index (χ0) is 18.6. The number of hydrogen-bond donors (Lipinski definition) is 1. The number of aromatic nitrogens is 3. The Morgan fingerprint density at radius 1 is 0.741 bits per heavy atom. The third kappa shape index (κ3) is 3.40. The van der Waals surface area contributed by atoms with Crippen molar-refractivity contribution in [1.29, 1.82) is 0 Å². The van der Waals surface area contributed by atoms with Gasteiger partial charge in [-0.25, -0.2) is 4.98 Å². The Labute approximate surface area is 157 Å². The molecule has 0 spiro atoms. The van der Waals surface area contributed by atoms with E-state index >= 15 is 0 Å². The number of ether oxygens (including phenoxy) is 2. The number of H-pyrrole nitrogens is 1. The molecule has 0 bridgehead atoms. The number of hydrogen-bond acceptors (Lipinski definition) is 4. The van der Waals surface area contributed by atoms with Crippen LogP contribution >= 0.6 is 0 Å². The van der Waals surface area contributed by atoms with E-state index in [1.807, 2.05) is 60.7 Å². The van der Waals surface area contributed by atoms with Crippen molar-refractivity contribution in [2.24, 2.45) is 0 Å². The number of benzene rings is 2. The van der Waals surface area contributed by atoms with Crippen molar-refractivity contribution in [3.63, 3.8) is 0 Å². The van der Waals surface area contributed by atoms with E-state index < -0.39 is 0 Å². The lowest BCUT2D eigenvalue weighted by Gasteiger charge is -2.06. The van der Waals surface area contributed by atoms with Gasteiger partial charge in [0.25, 0.3) is 0 Å². The van der Waals surface area contributed by atoms with Gasteiger partial charge in [-0.3, -0.25) is 4.98 Å². The minimum atomic E-state index is 0.778. The number of rotatable bonds is 5. The van der Waals surface area contributed by atoms with Crippen molar-refractivity contribution < 1.29 is 9.47 Å². The molecule has 0 saturated heterocycles. The summed E-state index contributed by atoms with van der Waals surface area (Å²) in [4.78, 5) is 12.5. The van der Waals surface area contributed by atoms with Crippen LogP contribution in [0.3, 0.4) is 0 Å². The fraction of sp³-hybridized carbons (Fsp3) is 0.0909. The van der Waals surface area contributed by atoms with Crippen LogP contribution in [-0.4, -0.2) is 29.2 Å². The first kappa shape index (κ1) is 16.8. The van der Waals surface area contributed by atoms with Gasteiger partial charge in [0, 0.05) is 29.1 Å². The first-order valence-corrected chi connectivity index (χ1v) is 8.58. The summed E-state index contributed by atoms with van der Waals surface area (Å²) in [6.45, 7) is 0. The largest absolute Gasteiger partial charge is 0.497 e. The topological polar surface area (TPSA) is 60.0 Å². The highest BCUT2D eigenvalue weighted by Gasteiger charge is 2.15. The second kappa shape index (κ2) is 7.33. The van der Waals surface area contributed by atoms with Crippen LogP contribution in [0.5, 0.6) is 11.5 Å². The minimum absolute atomic E-state index is 0.778. The highest BCUT2D eigenvalue weighted by molar-refractivity contribution is 5.81. The Kier molecular flexibility index (Phi) is 4.58. The summed E-state index contributed by atoms with van der Waals surface area (Å²) >= 11 is 0. The van der Waals surface area contributed by atoms with Crippen molar-refractivity contribution in [2.75, 3.05) is 14.2 Å². The second-order valence-electron chi connectivity index (χ2n) is 6.01. The third-order valence-corrected chi connectivity index (χ3v) is 4.38. The van der Waals surface area contributed by atoms with E-state index in [1.165, 1.54) is 0 Å². The van der Waals surface area contributed by atoms with Gasteiger partial charge >= 0.3 is 0 Å². The third-order valence-electron chi connectivity index (χ3n) is 4.38. The highest BCUT2D eigenvalue weighted by Crippen LogP contribution is 2.34. The van der Waals surface area contributed by atoms with Crippen molar-refractivity contribution in [3.8, 4) is 45.4 Å². The predicted molar refractivity (Wildman–Crippen MR) is 106 cm³/mol. The average Bonchev–Trinajstić information content (AvgIpc) is 3.20. The maximum absolute atomic E-state index is 5.27. The number of aromatic amines is 1. The normalized spacial score (nSPS) is 10.6. The van der Waals surface area contributed by atoms with Crippen LogP contribution in [0, 0.1) is 0 Å². The van der Waals surface area contributed by atoms with E-state index in [0.717, 1.165) is 45.4 Å². The lowest BCUT2D eigenvalue weighted by atomic mass is 10.0. The Balaban J connectivity index is 1.85. The SMILES string of the molecule is COc1ccc(-c2nc(-c3cccnc3)[nH]c2-c2ccc(OC)cc2)cc1. The van der Waals surface area contributed by atoms with Gasteiger partial charge in [-0.15, -0.1) is 0 Å². The molecule has 2 aromatic carbocycles. The van der Waals surface area contributed by atoms with E-state index in [1.54, 1.807) is 26.6 Å². The lowest BCUT2D eigenvalue weighted by Crippen LogP contribution is -1.87. The second-order valence-corrected chi connectivity index (χ2v) is 6.01. The maximum atomic E-state index is 5.27. The summed E-state index contributed by atoms with van der Waals surface area (Å²) in [5, 5.41) is 0. The van der Waals surface area contributed by atoms with Crippen molar-refractivity contribution in [1.82, 2.24) is 15.0 Å². The highest BCUT2D eigenvalue weighted by atomic mass is 16.5. The average molecular weight is 357 g/mol. The molecule has 4 rings (SSSR count). The molecule has 2 aromatic heterocycles. The molecule has 0 saturated carbocycles. The summed E-state index contributed by atoms with van der Waals surface area (Å²) < 4.78 is 10.5. The molecular formula is C22H19N3O2. The molecule has 0 atom stereocenters. The van der Waals surface area contributed by atoms with Crippen LogP contribution in [-0.2, 0) is 0 Å². The van der Waals surface area contributed by atoms with Gasteiger partial charge in [0.1, 0.15) is 17.3 Å². The van der Waals surface area contributed by atoms with Gasteiger partial charge in [-0.05, 0) is 60.7 Å². The maximum Gasteiger partial charge on any atom is 0.140 e. The van der Waals surface area contributed by atoms with Crippen LogP contribution in [0.2, 0.25) is 0 Å². The summed E-state index contributed by atoms with van der Waals surface area (Å²) in [5.41, 5.74) is 4.80. The van der Waals surface area contributed by atoms with E-state index in [0.29, 0.717) is 0 Å². The molecule has 0 radical (unpaired) electrons. The predicted octanol–water partition coefficient (Wildman–Crippen LogP) is 4.82. The smallest absolute Gasteiger partial charge is 0.140 e. The molecule has 0 aliphatic carbocycles. The zero-order valence-electron chi connectivity index (χ0n) is 15.1. The molecule has 5 nitrogen and oxygen atoms in total. The van der Waals surface area contributed by atoms with Gasteiger partial charge < -0.3 is 14.5 Å². The Hall–Kier alpha value is -3.60. The minimum Gasteiger partial charge on any atom is -0.497 e. The lowest BCUT2D eigenvalue weighted by molar-refractivity contribution is 0.414. The Bertz CT molecular complexity index is 959. The number of methoxy groups -OCH3 is 2. The van der Waals surface area contributed by atoms with Crippen LogP contribution in [0.1, 0.15) is 0 Å². The monoisotopic (exact) mass is 357 g/mol. The van der Waals surface area contributed by atoms with Crippen molar-refractivity contribution in [2.45, 2.75) is 0 Å². The standard InChI is InChI=1S/C22H19N3O2/c1-26-18-9-5-15(6-10-18)20-21(16-7-11-19(27-2)12-8-16)25-22(24-20)17-4-3-13-23-14-17/h3-14H,1-2H3,(H,24,25). The summed E-state index contributed by atoms with van der Waals surface area (Å²) in [7, 11) is 3.32. The molecular weight excluding hydrogens is 338 g/mol. The van der Waals surface area contributed by atoms with Crippen molar-refractivity contribution in [3.05, 3.63) is 73.1 Å². The van der Waals surface area contributed by atoms with Gasteiger partial charge in [-0.1, -0.05) is 0 Å². The molecule has 27 heavy (non-hydrogen) atoms. The fourth-order valence-electron chi connectivity index (χ4n) is 2.94. The molecule has 4 aromatic rings. The number of nitrogens with one attached hydrogen (secondary N) is 1. The molecule has 0 aliphatic heterocycles. The first-order valence-electron chi connectivity index (χ1n) is 8.58. The Morgan fingerprint density at radius 2 is 1.37 bits per heavy atom. The molecule has 0 amide bonds. The molecule has 1 N–H and O–H groups in total. The van der Waals surface area contributed by atoms with Gasteiger partial charge in [0.15, 0.2) is 0 Å². The molecule has 134 valence electrons. The zero-order valence-corrected chi connectivity index (χ0v) is 15.1. The van der Waals surface area contributed by atoms with E-state index in [9.17, 15) is 0 Å². The summed E-state index contributed by atoms with van der Waals surface area (Å²) in [5.74, 6) is 2.41. The number of imidazole rings is 1. The summed E-state index contributed by atoms with van der Waals surface area (Å²) in [6.07, 6.45) is 3.55. The quantitative estimate of drug-likeness (QED) is 0.556. The van der Waals surface area contributed by atoms with E-state index in [2.05, 4.69) is 9.97 Å². The van der Waals surface area contributed by atoms with Crippen LogP contribution < -0.4 is 9.47 Å². The molecule has 0 fully saturated rings. The van der Waals surface area contributed by atoms with Gasteiger partial charge in [0.05, 0.1) is 25.6 Å². The molecule has 5 heteroatoms. The van der Waals surface area contributed by atoms with Crippen LogP contribution in [0.4, 0.5) is 0 Å². The molecule has 2 heterocycles. The molecule has 0 aliphatic rings. The van der Waals surface area contributed by atoms with E-state index in [-0.39, 0.29) is 0 Å². The van der Waals surface area contributed by atoms with Gasteiger partial charge in [-0.2, -0.15) is 0 Å². The molecule has 0 unspecified atom stereocenters. The van der Waals surface area contributed by atoms with Gasteiger partial charge in [0.2, 0.25) is 0 Å². The number of pyridine rings is 1. The Morgan fingerprint density at radius 3 is 1.93 bits per heavy atom. The first-order chi connectivity index (χ1) is 13.3. The van der Waals surface area contributed by atoms with E-state index in [4.69, 9.17) is 14.5 Å². The van der Waals surface area contributed by atoms with Crippen LogP contribution in [0.15, 0.2) is 73.1 Å². The fourth-order valence-corrected chi connectivity index (χ4v) is 2.94. The van der Waals surface area contributed by atoms with Crippen molar-refractivity contribution >= 4 is 0 Å². The van der Waals surface area contributed by atoms with Crippen LogP contribution in [0.25, 0.3) is 33.9 Å². The summed E-state index contributed by atoms with van der Waals surface area (Å²) in [6, 6.07) is 19.7. The number of nitrogens with zero attached hydrogens (tertiary/aromatic N) is 2.